The van der Waals surface area contributed by atoms with Crippen molar-refractivity contribution in [2.24, 2.45) is 0 Å². The Morgan fingerprint density at radius 1 is 1.12 bits per heavy atom. The van der Waals surface area contributed by atoms with Crippen LogP contribution in [-0.4, -0.2) is 67.6 Å². The molecule has 1 fully saturated rings. The summed E-state index contributed by atoms with van der Waals surface area (Å²) in [5, 5.41) is 2.77. The molecule has 0 unspecified atom stereocenters. The van der Waals surface area contributed by atoms with Crippen molar-refractivity contribution in [3.8, 4) is 0 Å². The van der Waals surface area contributed by atoms with Crippen LogP contribution in [0, 0.1) is 5.82 Å². The molecular weight excluding hydrogens is 325 g/mol. The molecule has 138 valence electrons. The number of rotatable bonds is 8. The highest BCUT2D eigenvalue weighted by atomic mass is 19.1. The van der Waals surface area contributed by atoms with Gasteiger partial charge >= 0.3 is 5.97 Å². The van der Waals surface area contributed by atoms with Crippen LogP contribution in [0.2, 0.25) is 0 Å². The molecule has 6 nitrogen and oxygen atoms in total. The number of hydrogen-bond donors (Lipinski definition) is 1. The van der Waals surface area contributed by atoms with Gasteiger partial charge in [0.15, 0.2) is 0 Å². The largest absolute Gasteiger partial charge is 0.466 e. The molecule has 0 radical (unpaired) electrons. The Balaban J connectivity index is 1.62. The number of halogens is 1. The molecule has 0 atom stereocenters. The number of anilines is 1. The summed E-state index contributed by atoms with van der Waals surface area (Å²) in [6, 6.07) is 5.75. The molecule has 0 aromatic heterocycles. The van der Waals surface area contributed by atoms with Crippen molar-refractivity contribution in [1.82, 2.24) is 9.80 Å². The van der Waals surface area contributed by atoms with Gasteiger partial charge in [-0.1, -0.05) is 0 Å². The highest BCUT2D eigenvalue weighted by Crippen LogP contribution is 2.09. The topological polar surface area (TPSA) is 61.9 Å². The number of nitrogens with one attached hydrogen (secondary N) is 1. The summed E-state index contributed by atoms with van der Waals surface area (Å²) in [4.78, 5) is 27.8. The third-order valence-electron chi connectivity index (χ3n) is 4.12. The first kappa shape index (κ1) is 19.3. The summed E-state index contributed by atoms with van der Waals surface area (Å²) in [6.45, 7) is 6.83. The number of esters is 1. The highest BCUT2D eigenvalue weighted by Gasteiger charge is 2.19. The van der Waals surface area contributed by atoms with Crippen LogP contribution in [0.3, 0.4) is 0 Å². The Bertz CT molecular complexity index is 557. The van der Waals surface area contributed by atoms with Gasteiger partial charge in [0.1, 0.15) is 5.82 Å². The van der Waals surface area contributed by atoms with E-state index < -0.39 is 0 Å². The number of ether oxygens (including phenoxy) is 1. The molecule has 1 N–H and O–H groups in total. The Kier molecular flexibility index (Phi) is 7.81. The SMILES string of the molecule is CCOC(=O)CCCN1CCN(CC(=O)Nc2ccc(F)cc2)CC1. The summed E-state index contributed by atoms with van der Waals surface area (Å²) < 4.78 is 17.8. The number of hydrogen-bond acceptors (Lipinski definition) is 5. The smallest absolute Gasteiger partial charge is 0.305 e. The average Bonchev–Trinajstić information content (AvgIpc) is 2.59. The highest BCUT2D eigenvalue weighted by molar-refractivity contribution is 5.92. The van der Waals surface area contributed by atoms with Crippen LogP contribution in [0.4, 0.5) is 10.1 Å². The third kappa shape index (κ3) is 7.19. The lowest BCUT2D eigenvalue weighted by molar-refractivity contribution is -0.143. The maximum Gasteiger partial charge on any atom is 0.305 e. The lowest BCUT2D eigenvalue weighted by Crippen LogP contribution is -2.48. The number of piperazine rings is 1. The third-order valence-corrected chi connectivity index (χ3v) is 4.12. The molecule has 1 amide bonds. The number of amides is 1. The summed E-state index contributed by atoms with van der Waals surface area (Å²) in [5.74, 6) is -0.557. The molecule has 2 rings (SSSR count). The molecule has 1 aliphatic heterocycles. The van der Waals surface area contributed by atoms with Crippen molar-refractivity contribution >= 4 is 17.6 Å². The van der Waals surface area contributed by atoms with Gasteiger partial charge in [0, 0.05) is 38.3 Å². The van der Waals surface area contributed by atoms with E-state index in [0.29, 0.717) is 25.3 Å². The molecule has 7 heteroatoms. The lowest BCUT2D eigenvalue weighted by atomic mass is 10.2. The fraction of sp³-hybridized carbons (Fsp3) is 0.556. The second-order valence-corrected chi connectivity index (χ2v) is 6.08. The lowest BCUT2D eigenvalue weighted by Gasteiger charge is -2.34. The quantitative estimate of drug-likeness (QED) is 0.723. The van der Waals surface area contributed by atoms with E-state index in [1.807, 2.05) is 6.92 Å². The van der Waals surface area contributed by atoms with E-state index in [-0.39, 0.29) is 17.7 Å². The summed E-state index contributed by atoms with van der Waals surface area (Å²) in [7, 11) is 0. The normalized spacial score (nSPS) is 15.8. The van der Waals surface area contributed by atoms with E-state index in [9.17, 15) is 14.0 Å². The monoisotopic (exact) mass is 351 g/mol. The van der Waals surface area contributed by atoms with Crippen molar-refractivity contribution < 1.29 is 18.7 Å². The minimum atomic E-state index is -0.322. The van der Waals surface area contributed by atoms with Crippen molar-refractivity contribution in [2.75, 3.05) is 51.2 Å². The van der Waals surface area contributed by atoms with Crippen LogP contribution >= 0.6 is 0 Å². The van der Waals surface area contributed by atoms with Gasteiger partial charge in [-0.3, -0.25) is 14.5 Å². The standard InChI is InChI=1S/C18H26FN3O3/c1-2-25-18(24)4-3-9-21-10-12-22(13-11-21)14-17(23)20-16-7-5-15(19)6-8-16/h5-8H,2-4,9-14H2,1H3,(H,20,23). The first-order valence-corrected chi connectivity index (χ1v) is 8.72. The maximum atomic E-state index is 12.9. The van der Waals surface area contributed by atoms with Crippen LogP contribution in [-0.2, 0) is 14.3 Å². The number of carbonyl (C=O) groups is 2. The minimum Gasteiger partial charge on any atom is -0.466 e. The first-order chi connectivity index (χ1) is 12.1. The van der Waals surface area contributed by atoms with Crippen LogP contribution in [0.1, 0.15) is 19.8 Å². The van der Waals surface area contributed by atoms with Gasteiger partial charge < -0.3 is 15.0 Å². The van der Waals surface area contributed by atoms with Crippen LogP contribution < -0.4 is 5.32 Å². The van der Waals surface area contributed by atoms with Gasteiger partial charge in [-0.25, -0.2) is 4.39 Å². The number of carbonyl (C=O) groups excluding carboxylic acids is 2. The molecule has 1 saturated heterocycles. The van der Waals surface area contributed by atoms with Gasteiger partial charge in [0.25, 0.3) is 0 Å². The van der Waals surface area contributed by atoms with Crippen molar-refractivity contribution in [3.63, 3.8) is 0 Å². The molecular formula is C18H26FN3O3. The Hall–Kier alpha value is -1.99. The van der Waals surface area contributed by atoms with Gasteiger partial charge in [-0.2, -0.15) is 0 Å². The van der Waals surface area contributed by atoms with E-state index in [2.05, 4.69) is 15.1 Å². The van der Waals surface area contributed by atoms with Crippen molar-refractivity contribution in [2.45, 2.75) is 19.8 Å². The second kappa shape index (κ2) is 10.1. The zero-order chi connectivity index (χ0) is 18.1. The van der Waals surface area contributed by atoms with Crippen LogP contribution in [0.15, 0.2) is 24.3 Å². The Morgan fingerprint density at radius 2 is 1.76 bits per heavy atom. The molecule has 1 aromatic carbocycles. The zero-order valence-corrected chi connectivity index (χ0v) is 14.7. The molecule has 0 aliphatic carbocycles. The molecule has 25 heavy (non-hydrogen) atoms. The molecule has 1 heterocycles. The number of benzene rings is 1. The van der Waals surface area contributed by atoms with Gasteiger partial charge in [-0.15, -0.1) is 0 Å². The number of nitrogens with zero attached hydrogens (tertiary/aromatic N) is 2. The molecule has 0 saturated carbocycles. The Morgan fingerprint density at radius 3 is 2.40 bits per heavy atom. The van der Waals surface area contributed by atoms with E-state index in [0.717, 1.165) is 39.1 Å². The predicted molar refractivity (Wildman–Crippen MR) is 93.8 cm³/mol. The van der Waals surface area contributed by atoms with Crippen molar-refractivity contribution in [1.29, 1.82) is 0 Å². The minimum absolute atomic E-state index is 0.0950. The van der Waals surface area contributed by atoms with Gasteiger partial charge in [0.05, 0.1) is 13.2 Å². The predicted octanol–water partition coefficient (Wildman–Crippen LogP) is 1.73. The molecule has 1 aromatic rings. The second-order valence-electron chi connectivity index (χ2n) is 6.08. The van der Waals surface area contributed by atoms with Crippen molar-refractivity contribution in [3.05, 3.63) is 30.1 Å². The molecule has 1 aliphatic rings. The van der Waals surface area contributed by atoms with Gasteiger partial charge in [0.2, 0.25) is 5.91 Å². The summed E-state index contributed by atoms with van der Waals surface area (Å²) in [6.07, 6.45) is 1.25. The summed E-state index contributed by atoms with van der Waals surface area (Å²) in [5.41, 5.74) is 0.601. The fourth-order valence-electron chi connectivity index (χ4n) is 2.79. The van der Waals surface area contributed by atoms with Crippen LogP contribution in [0.5, 0.6) is 0 Å². The Labute approximate surface area is 147 Å². The zero-order valence-electron chi connectivity index (χ0n) is 14.7. The fourth-order valence-corrected chi connectivity index (χ4v) is 2.79. The maximum absolute atomic E-state index is 12.9. The van der Waals surface area contributed by atoms with E-state index in [4.69, 9.17) is 4.74 Å². The van der Waals surface area contributed by atoms with E-state index >= 15 is 0 Å². The van der Waals surface area contributed by atoms with Gasteiger partial charge in [-0.05, 0) is 44.2 Å². The average molecular weight is 351 g/mol. The van der Waals surface area contributed by atoms with E-state index in [1.165, 1.54) is 12.1 Å². The van der Waals surface area contributed by atoms with E-state index in [1.54, 1.807) is 12.1 Å². The molecule has 0 bridgehead atoms. The first-order valence-electron chi connectivity index (χ1n) is 8.72. The molecule has 0 spiro atoms. The summed E-state index contributed by atoms with van der Waals surface area (Å²) >= 11 is 0. The van der Waals surface area contributed by atoms with Crippen LogP contribution in [0.25, 0.3) is 0 Å².